The Kier molecular flexibility index (Phi) is 8.59. The van der Waals surface area contributed by atoms with E-state index in [0.717, 1.165) is 5.56 Å². The maximum Gasteiger partial charge on any atom is 0.251 e. The molecule has 1 aromatic heterocycles. The van der Waals surface area contributed by atoms with Crippen LogP contribution in [0.5, 0.6) is 0 Å². The van der Waals surface area contributed by atoms with Crippen molar-refractivity contribution in [2.24, 2.45) is 17.8 Å². The van der Waals surface area contributed by atoms with Crippen LogP contribution in [-0.4, -0.2) is 46.9 Å². The molecule has 0 spiro atoms. The first kappa shape index (κ1) is 25.9. The lowest BCUT2D eigenvalue weighted by atomic mass is 9.85. The van der Waals surface area contributed by atoms with Gasteiger partial charge in [-0.3, -0.25) is 34.3 Å². The topological polar surface area (TPSA) is 134 Å². The molecule has 9 nitrogen and oxygen atoms in total. The van der Waals surface area contributed by atoms with Gasteiger partial charge in [-0.2, -0.15) is 0 Å². The van der Waals surface area contributed by atoms with Crippen LogP contribution < -0.4 is 16.0 Å². The Balaban J connectivity index is 1.68. The number of pyridine rings is 1. The zero-order valence-electron chi connectivity index (χ0n) is 20.0. The molecule has 3 amide bonds. The van der Waals surface area contributed by atoms with E-state index >= 15 is 0 Å². The van der Waals surface area contributed by atoms with Crippen molar-refractivity contribution >= 4 is 29.3 Å². The highest BCUT2D eigenvalue weighted by Crippen LogP contribution is 2.23. The van der Waals surface area contributed by atoms with Gasteiger partial charge in [0, 0.05) is 24.4 Å². The normalized spacial score (nSPS) is 19.2. The molecule has 1 aliphatic heterocycles. The second-order valence-electron chi connectivity index (χ2n) is 9.04. The van der Waals surface area contributed by atoms with E-state index in [4.69, 9.17) is 0 Å². The van der Waals surface area contributed by atoms with Crippen LogP contribution in [0.3, 0.4) is 0 Å². The minimum absolute atomic E-state index is 0.00560. The molecule has 1 saturated heterocycles. The number of Topliss-reactive ketones (excluding diaryl/α,β-unsaturated/α-hetero) is 2. The number of hydrogen-bond acceptors (Lipinski definition) is 7. The van der Waals surface area contributed by atoms with E-state index < -0.39 is 41.5 Å². The Bertz CT molecular complexity index is 1090. The molecule has 0 bridgehead atoms. The minimum Gasteiger partial charge on any atom is -0.345 e. The molecule has 4 atom stereocenters. The van der Waals surface area contributed by atoms with Crippen LogP contribution in [-0.2, 0) is 19.2 Å². The van der Waals surface area contributed by atoms with Crippen molar-refractivity contribution in [1.82, 2.24) is 20.9 Å². The van der Waals surface area contributed by atoms with Crippen molar-refractivity contribution in [3.8, 4) is 0 Å². The van der Waals surface area contributed by atoms with Crippen LogP contribution in [0.1, 0.15) is 49.2 Å². The summed E-state index contributed by atoms with van der Waals surface area (Å²) in [5.41, 5.74) is 1.20. The number of benzene rings is 1. The van der Waals surface area contributed by atoms with E-state index in [1.54, 1.807) is 32.9 Å². The van der Waals surface area contributed by atoms with E-state index in [1.165, 1.54) is 12.4 Å². The highest BCUT2D eigenvalue weighted by molar-refractivity contribution is 6.16. The molecule has 3 N–H and O–H groups in total. The largest absolute Gasteiger partial charge is 0.345 e. The first-order valence-electron chi connectivity index (χ1n) is 11.6. The summed E-state index contributed by atoms with van der Waals surface area (Å²) in [5, 5.41) is 8.08. The lowest BCUT2D eigenvalue weighted by Crippen LogP contribution is -2.48. The van der Waals surface area contributed by atoms with Crippen molar-refractivity contribution in [3.63, 3.8) is 0 Å². The molecule has 2 aromatic rings. The Morgan fingerprint density at radius 1 is 1.00 bits per heavy atom. The SMILES string of the molecule is CC(C)[C@@H](NCC(=O)C[C@H](NC(=O)c1ccncc1)c1ccccc1)C(=O)[C@@H]1C(=O)NC(=O)[C@H]1C. The summed E-state index contributed by atoms with van der Waals surface area (Å²) in [6.45, 7) is 5.03. The number of amides is 3. The second-order valence-corrected chi connectivity index (χ2v) is 9.04. The van der Waals surface area contributed by atoms with Crippen LogP contribution in [0, 0.1) is 17.8 Å². The highest BCUT2D eigenvalue weighted by Gasteiger charge is 2.45. The van der Waals surface area contributed by atoms with E-state index in [-0.39, 0.29) is 30.6 Å². The van der Waals surface area contributed by atoms with Gasteiger partial charge in [0.1, 0.15) is 11.7 Å². The maximum absolute atomic E-state index is 13.1. The van der Waals surface area contributed by atoms with Crippen LogP contribution in [0.25, 0.3) is 0 Å². The number of imide groups is 1. The van der Waals surface area contributed by atoms with E-state index in [2.05, 4.69) is 20.9 Å². The summed E-state index contributed by atoms with van der Waals surface area (Å²) in [7, 11) is 0. The van der Waals surface area contributed by atoms with Gasteiger partial charge in [-0.15, -0.1) is 0 Å². The van der Waals surface area contributed by atoms with Gasteiger partial charge < -0.3 is 10.6 Å². The number of rotatable bonds is 11. The molecule has 1 aromatic carbocycles. The fourth-order valence-electron chi connectivity index (χ4n) is 4.13. The minimum atomic E-state index is -1.07. The first-order chi connectivity index (χ1) is 16.7. The molecule has 9 heteroatoms. The quantitative estimate of drug-likeness (QED) is 0.330. The molecule has 3 rings (SSSR count). The number of hydrogen-bond donors (Lipinski definition) is 3. The van der Waals surface area contributed by atoms with Crippen LogP contribution in [0.15, 0.2) is 54.9 Å². The van der Waals surface area contributed by atoms with Gasteiger partial charge in [-0.25, -0.2) is 0 Å². The lowest BCUT2D eigenvalue weighted by Gasteiger charge is -2.25. The Labute approximate surface area is 204 Å². The molecule has 1 aliphatic rings. The fourth-order valence-corrected chi connectivity index (χ4v) is 4.13. The first-order valence-corrected chi connectivity index (χ1v) is 11.6. The summed E-state index contributed by atoms with van der Waals surface area (Å²) in [5.74, 6) is -4.06. The fraction of sp³-hybridized carbons (Fsp3) is 0.385. The predicted octanol–water partition coefficient (Wildman–Crippen LogP) is 1.60. The monoisotopic (exact) mass is 478 g/mol. The van der Waals surface area contributed by atoms with Gasteiger partial charge in [0.15, 0.2) is 5.78 Å². The van der Waals surface area contributed by atoms with E-state index in [0.29, 0.717) is 5.56 Å². The molecule has 0 radical (unpaired) electrons. The Hall–Kier alpha value is -3.72. The summed E-state index contributed by atoms with van der Waals surface area (Å²) in [6, 6.07) is 11.0. The Morgan fingerprint density at radius 3 is 2.23 bits per heavy atom. The van der Waals surface area contributed by atoms with E-state index in [9.17, 15) is 24.0 Å². The summed E-state index contributed by atoms with van der Waals surface area (Å²) >= 11 is 0. The van der Waals surface area contributed by atoms with Crippen molar-refractivity contribution in [2.75, 3.05) is 6.54 Å². The van der Waals surface area contributed by atoms with Gasteiger partial charge >= 0.3 is 0 Å². The lowest BCUT2D eigenvalue weighted by molar-refractivity contribution is -0.135. The van der Waals surface area contributed by atoms with E-state index in [1.807, 2.05) is 30.3 Å². The zero-order chi connectivity index (χ0) is 25.5. The highest BCUT2D eigenvalue weighted by atomic mass is 16.2. The van der Waals surface area contributed by atoms with Gasteiger partial charge in [0.05, 0.1) is 24.5 Å². The number of nitrogens with zero attached hydrogens (tertiary/aromatic N) is 1. The molecule has 0 aliphatic carbocycles. The van der Waals surface area contributed by atoms with Gasteiger partial charge in [-0.05, 0) is 23.6 Å². The number of carbonyl (C=O) groups is 5. The number of nitrogens with one attached hydrogen (secondary N) is 3. The van der Waals surface area contributed by atoms with Crippen molar-refractivity contribution in [3.05, 3.63) is 66.0 Å². The third kappa shape index (κ3) is 6.45. The standard InChI is InChI=1S/C26H30N4O5/c1-15(2)22(23(32)21-16(3)24(33)30-26(21)35)28-14-19(31)13-20(17-7-5-4-6-8-17)29-25(34)18-9-11-27-12-10-18/h4-12,15-16,20-22,28H,13-14H2,1-3H3,(H,29,34)(H,30,33,35)/t16-,20-,21+,22+/m0/s1. The molecule has 0 unspecified atom stereocenters. The van der Waals surface area contributed by atoms with Crippen molar-refractivity contribution in [2.45, 2.75) is 39.3 Å². The molecule has 2 heterocycles. The zero-order valence-corrected chi connectivity index (χ0v) is 20.0. The van der Waals surface area contributed by atoms with Gasteiger partial charge in [0.25, 0.3) is 5.91 Å². The third-order valence-electron chi connectivity index (χ3n) is 6.12. The predicted molar refractivity (Wildman–Crippen MR) is 128 cm³/mol. The van der Waals surface area contributed by atoms with Crippen molar-refractivity contribution in [1.29, 1.82) is 0 Å². The van der Waals surface area contributed by atoms with Gasteiger partial charge in [0.2, 0.25) is 11.8 Å². The maximum atomic E-state index is 13.1. The van der Waals surface area contributed by atoms with Crippen LogP contribution >= 0.6 is 0 Å². The molecular weight excluding hydrogens is 448 g/mol. The third-order valence-corrected chi connectivity index (χ3v) is 6.12. The summed E-state index contributed by atoms with van der Waals surface area (Å²) < 4.78 is 0. The molecule has 184 valence electrons. The molecular formula is C26H30N4O5. The average molecular weight is 479 g/mol. The van der Waals surface area contributed by atoms with Crippen LogP contribution in [0.4, 0.5) is 0 Å². The van der Waals surface area contributed by atoms with Crippen molar-refractivity contribution < 1.29 is 24.0 Å². The number of aromatic nitrogens is 1. The average Bonchev–Trinajstić information content (AvgIpc) is 3.10. The molecule has 1 fully saturated rings. The van der Waals surface area contributed by atoms with Crippen LogP contribution in [0.2, 0.25) is 0 Å². The smallest absolute Gasteiger partial charge is 0.251 e. The Morgan fingerprint density at radius 2 is 1.66 bits per heavy atom. The molecule has 35 heavy (non-hydrogen) atoms. The summed E-state index contributed by atoms with van der Waals surface area (Å²) in [6.07, 6.45) is 3.04. The second kappa shape index (κ2) is 11.6. The molecule has 0 saturated carbocycles. The number of ketones is 2. The van der Waals surface area contributed by atoms with Gasteiger partial charge in [-0.1, -0.05) is 51.1 Å². The summed E-state index contributed by atoms with van der Waals surface area (Å²) in [4.78, 5) is 66.6. The number of carbonyl (C=O) groups excluding carboxylic acids is 5.